The Labute approximate surface area is 124 Å². The van der Waals surface area contributed by atoms with Crippen LogP contribution in [0.15, 0.2) is 47.4 Å². The summed E-state index contributed by atoms with van der Waals surface area (Å²) in [5.41, 5.74) is -0.326. The molecule has 0 aliphatic rings. The van der Waals surface area contributed by atoms with Crippen LogP contribution in [0, 0.1) is 15.9 Å². The first kappa shape index (κ1) is 15.2. The Morgan fingerprint density at radius 1 is 1.19 bits per heavy atom. The first-order valence-corrected chi connectivity index (χ1v) is 7.22. The Morgan fingerprint density at radius 2 is 1.90 bits per heavy atom. The van der Waals surface area contributed by atoms with E-state index in [4.69, 9.17) is 15.8 Å². The molecular formula is C12H7ClFNO5S. The Kier molecular flexibility index (Phi) is 4.10. The average molecular weight is 332 g/mol. The molecule has 2 aromatic carbocycles. The van der Waals surface area contributed by atoms with E-state index in [-0.39, 0.29) is 16.5 Å². The van der Waals surface area contributed by atoms with E-state index in [0.29, 0.717) is 0 Å². The fourth-order valence-corrected chi connectivity index (χ4v) is 2.93. The number of non-ortho nitro benzene ring substituents is 1. The summed E-state index contributed by atoms with van der Waals surface area (Å²) in [4.78, 5) is 9.49. The van der Waals surface area contributed by atoms with Crippen molar-refractivity contribution in [3.05, 3.63) is 63.4 Å². The van der Waals surface area contributed by atoms with Crippen molar-refractivity contribution < 1.29 is 21.9 Å². The van der Waals surface area contributed by atoms with Crippen LogP contribution in [0.5, 0.6) is 5.75 Å². The molecule has 9 heteroatoms. The zero-order valence-corrected chi connectivity index (χ0v) is 11.8. The summed E-state index contributed by atoms with van der Waals surface area (Å²) >= 11 is 5.65. The highest BCUT2D eigenvalue weighted by Gasteiger charge is 2.21. The molecule has 0 heterocycles. The average Bonchev–Trinajstić information content (AvgIpc) is 2.37. The van der Waals surface area contributed by atoms with E-state index in [0.717, 1.165) is 24.3 Å². The molecule has 0 radical (unpaired) electrons. The maximum atomic E-state index is 12.9. The van der Waals surface area contributed by atoms with Gasteiger partial charge in [0.2, 0.25) is 0 Å². The van der Waals surface area contributed by atoms with Gasteiger partial charge >= 0.3 is 10.1 Å². The molecular weight excluding hydrogens is 325 g/mol. The van der Waals surface area contributed by atoms with Crippen molar-refractivity contribution in [2.75, 3.05) is 0 Å². The van der Waals surface area contributed by atoms with E-state index >= 15 is 0 Å². The van der Waals surface area contributed by atoms with Crippen molar-refractivity contribution in [3.63, 3.8) is 0 Å². The minimum Gasteiger partial charge on any atom is -0.379 e. The fraction of sp³-hybridized carbons (Fsp3) is 0. The number of nitrogens with zero attached hydrogens (tertiary/aromatic N) is 1. The highest BCUT2D eigenvalue weighted by Crippen LogP contribution is 2.27. The van der Waals surface area contributed by atoms with Gasteiger partial charge in [-0.3, -0.25) is 10.1 Å². The van der Waals surface area contributed by atoms with Gasteiger partial charge in [0.15, 0.2) is 0 Å². The largest absolute Gasteiger partial charge is 0.379 e. The minimum atomic E-state index is -4.32. The second-order valence-electron chi connectivity index (χ2n) is 3.87. The van der Waals surface area contributed by atoms with Crippen molar-refractivity contribution in [2.24, 2.45) is 0 Å². The molecule has 0 aliphatic carbocycles. The van der Waals surface area contributed by atoms with Gasteiger partial charge in [0.1, 0.15) is 16.5 Å². The van der Waals surface area contributed by atoms with Gasteiger partial charge < -0.3 is 4.18 Å². The second kappa shape index (κ2) is 5.66. The quantitative estimate of drug-likeness (QED) is 0.488. The number of rotatable bonds is 4. The molecule has 0 aliphatic heterocycles. The van der Waals surface area contributed by atoms with Crippen molar-refractivity contribution in [2.45, 2.75) is 4.90 Å². The lowest BCUT2D eigenvalue weighted by Gasteiger charge is -2.08. The summed E-state index contributed by atoms with van der Waals surface area (Å²) in [5, 5.41) is 10.3. The van der Waals surface area contributed by atoms with Gasteiger partial charge in [-0.25, -0.2) is 4.39 Å². The van der Waals surface area contributed by atoms with Crippen LogP contribution in [-0.4, -0.2) is 13.3 Å². The lowest BCUT2D eigenvalue weighted by Crippen LogP contribution is -2.10. The van der Waals surface area contributed by atoms with E-state index in [2.05, 4.69) is 0 Å². The van der Waals surface area contributed by atoms with Crippen LogP contribution in [0.3, 0.4) is 0 Å². The van der Waals surface area contributed by atoms with Crippen molar-refractivity contribution >= 4 is 27.4 Å². The van der Waals surface area contributed by atoms with Gasteiger partial charge in [-0.2, -0.15) is 8.42 Å². The summed E-state index contributed by atoms with van der Waals surface area (Å²) in [6.07, 6.45) is 0. The van der Waals surface area contributed by atoms with Crippen molar-refractivity contribution in [1.29, 1.82) is 0 Å². The maximum Gasteiger partial charge on any atom is 0.340 e. The van der Waals surface area contributed by atoms with Crippen LogP contribution in [-0.2, 0) is 10.1 Å². The number of nitro benzene ring substituents is 1. The lowest BCUT2D eigenvalue weighted by molar-refractivity contribution is -0.384. The highest BCUT2D eigenvalue weighted by molar-refractivity contribution is 7.87. The van der Waals surface area contributed by atoms with Gasteiger partial charge in [-0.05, 0) is 24.3 Å². The maximum absolute atomic E-state index is 12.9. The first-order chi connectivity index (χ1) is 9.79. The number of halogens is 2. The molecule has 0 spiro atoms. The van der Waals surface area contributed by atoms with E-state index < -0.39 is 25.8 Å². The Hall–Kier alpha value is -2.19. The SMILES string of the molecule is O=[N+]([O-])c1cccc(OS(=O)(=O)c2ccc(F)cc2Cl)c1. The summed E-state index contributed by atoms with van der Waals surface area (Å²) in [5.74, 6) is -0.945. The van der Waals surface area contributed by atoms with E-state index in [1.165, 1.54) is 18.2 Å². The summed E-state index contributed by atoms with van der Waals surface area (Å²) in [6.45, 7) is 0. The Bertz CT molecular complexity index is 809. The van der Waals surface area contributed by atoms with Gasteiger partial charge in [0.05, 0.1) is 16.0 Å². The molecule has 0 N–H and O–H groups in total. The van der Waals surface area contributed by atoms with Gasteiger partial charge in [0.25, 0.3) is 5.69 Å². The molecule has 6 nitrogen and oxygen atoms in total. The zero-order chi connectivity index (χ0) is 15.6. The molecule has 110 valence electrons. The lowest BCUT2D eigenvalue weighted by atomic mass is 10.3. The van der Waals surface area contributed by atoms with Gasteiger partial charge in [-0.15, -0.1) is 0 Å². The van der Waals surface area contributed by atoms with Crippen LogP contribution in [0.2, 0.25) is 5.02 Å². The normalized spacial score (nSPS) is 11.1. The predicted octanol–water partition coefficient (Wildman–Crippen LogP) is 3.16. The first-order valence-electron chi connectivity index (χ1n) is 5.43. The summed E-state index contributed by atoms with van der Waals surface area (Å²) in [7, 11) is -4.32. The topological polar surface area (TPSA) is 86.5 Å². The van der Waals surface area contributed by atoms with Crippen molar-refractivity contribution in [3.8, 4) is 5.75 Å². The number of hydrogen-bond donors (Lipinski definition) is 0. The molecule has 2 aromatic rings. The monoisotopic (exact) mass is 331 g/mol. The van der Waals surface area contributed by atoms with E-state index in [9.17, 15) is 22.9 Å². The van der Waals surface area contributed by atoms with Gasteiger partial charge in [0, 0.05) is 6.07 Å². The number of hydrogen-bond acceptors (Lipinski definition) is 5. The molecule has 0 unspecified atom stereocenters. The molecule has 0 bridgehead atoms. The molecule has 0 aromatic heterocycles. The minimum absolute atomic E-state index is 0.246. The third-order valence-corrected chi connectivity index (χ3v) is 4.13. The van der Waals surface area contributed by atoms with Crippen LogP contribution in [0.25, 0.3) is 0 Å². The number of benzene rings is 2. The fourth-order valence-electron chi connectivity index (χ4n) is 1.50. The number of nitro groups is 1. The summed E-state index contributed by atoms with van der Waals surface area (Å²) in [6, 6.07) is 7.34. The van der Waals surface area contributed by atoms with Crippen LogP contribution < -0.4 is 4.18 Å². The molecule has 0 saturated carbocycles. The molecule has 0 atom stereocenters. The highest BCUT2D eigenvalue weighted by atomic mass is 35.5. The molecule has 0 amide bonds. The molecule has 21 heavy (non-hydrogen) atoms. The second-order valence-corrected chi connectivity index (χ2v) is 5.79. The van der Waals surface area contributed by atoms with Gasteiger partial charge in [-0.1, -0.05) is 17.7 Å². The van der Waals surface area contributed by atoms with E-state index in [1.807, 2.05) is 0 Å². The molecule has 0 fully saturated rings. The van der Waals surface area contributed by atoms with Crippen LogP contribution >= 0.6 is 11.6 Å². The predicted molar refractivity (Wildman–Crippen MR) is 72.3 cm³/mol. The Balaban J connectivity index is 2.37. The zero-order valence-electron chi connectivity index (χ0n) is 10.2. The third kappa shape index (κ3) is 3.47. The van der Waals surface area contributed by atoms with Crippen LogP contribution in [0.4, 0.5) is 10.1 Å². The van der Waals surface area contributed by atoms with Crippen LogP contribution in [0.1, 0.15) is 0 Å². The molecule has 0 saturated heterocycles. The Morgan fingerprint density at radius 3 is 2.52 bits per heavy atom. The standard InChI is InChI=1S/C12H7ClFNO5S/c13-11-6-8(14)4-5-12(11)21(18,19)20-10-3-1-2-9(7-10)15(16)17/h1-7H. The van der Waals surface area contributed by atoms with Crippen molar-refractivity contribution in [1.82, 2.24) is 0 Å². The smallest absolute Gasteiger partial charge is 0.340 e. The molecule has 2 rings (SSSR count). The summed E-state index contributed by atoms with van der Waals surface area (Å²) < 4.78 is 41.7. The van der Waals surface area contributed by atoms with E-state index in [1.54, 1.807) is 0 Å². The third-order valence-electron chi connectivity index (χ3n) is 2.40.